The summed E-state index contributed by atoms with van der Waals surface area (Å²) in [5, 5.41) is 30.3. The minimum atomic E-state index is -0.399. The van der Waals surface area contributed by atoms with Gasteiger partial charge in [0.1, 0.15) is 22.8 Å². The van der Waals surface area contributed by atoms with Crippen LogP contribution < -0.4 is 0 Å². The van der Waals surface area contributed by atoms with Gasteiger partial charge in [0.15, 0.2) is 5.78 Å². The van der Waals surface area contributed by atoms with Crippen molar-refractivity contribution in [1.82, 2.24) is 0 Å². The second kappa shape index (κ2) is 7.68. The molecule has 0 saturated carbocycles. The molecule has 0 aliphatic heterocycles. The summed E-state index contributed by atoms with van der Waals surface area (Å²) >= 11 is 0. The highest BCUT2D eigenvalue weighted by molar-refractivity contribution is 6.02. The molecule has 4 heteroatoms. The van der Waals surface area contributed by atoms with E-state index in [4.69, 9.17) is 0 Å². The third kappa shape index (κ3) is 4.16. The van der Waals surface area contributed by atoms with Gasteiger partial charge in [-0.25, -0.2) is 0 Å². The maximum atomic E-state index is 12.4. The number of carbonyl (C=O) groups is 1. The van der Waals surface area contributed by atoms with Gasteiger partial charge in [-0.15, -0.1) is 0 Å². The Kier molecular flexibility index (Phi) is 5.64. The molecule has 0 spiro atoms. The summed E-state index contributed by atoms with van der Waals surface area (Å²) in [6.45, 7) is 3.81. The lowest BCUT2D eigenvalue weighted by atomic mass is 9.96. The van der Waals surface area contributed by atoms with Gasteiger partial charge in [-0.05, 0) is 32.3 Å². The molecule has 2 rings (SSSR count). The van der Waals surface area contributed by atoms with Crippen molar-refractivity contribution in [2.24, 2.45) is 0 Å². The number of rotatable bonds is 6. The minimum Gasteiger partial charge on any atom is -0.507 e. The van der Waals surface area contributed by atoms with Crippen LogP contribution in [0, 0.1) is 0 Å². The molecule has 4 nitrogen and oxygen atoms in total. The smallest absolute Gasteiger partial charge is 0.170 e. The summed E-state index contributed by atoms with van der Waals surface area (Å²) in [4.78, 5) is 12.4. The normalized spacial score (nSPS) is 10.4. The Balaban J connectivity index is 2.26. The molecule has 0 aliphatic rings. The molecule has 0 bridgehead atoms. The van der Waals surface area contributed by atoms with Crippen molar-refractivity contribution in [2.45, 2.75) is 33.1 Å². The van der Waals surface area contributed by atoms with Gasteiger partial charge in [-0.2, -0.15) is 0 Å². The highest BCUT2D eigenvalue weighted by Gasteiger charge is 2.22. The summed E-state index contributed by atoms with van der Waals surface area (Å²) in [5.74, 6) is -1.32. The minimum absolute atomic E-state index is 0.124. The summed E-state index contributed by atoms with van der Waals surface area (Å²) in [7, 11) is 0. The maximum absolute atomic E-state index is 12.4. The molecule has 2 aromatic rings. The van der Waals surface area contributed by atoms with Gasteiger partial charge in [0, 0.05) is 18.1 Å². The van der Waals surface area contributed by atoms with Gasteiger partial charge in [0.25, 0.3) is 0 Å². The summed E-state index contributed by atoms with van der Waals surface area (Å²) in [6, 6.07) is 10.6. The predicted octanol–water partition coefficient (Wildman–Crippen LogP) is 4.13. The molecule has 0 aromatic heterocycles. The first kappa shape index (κ1) is 17.6. The van der Waals surface area contributed by atoms with Crippen LogP contribution in [0.4, 0.5) is 0 Å². The van der Waals surface area contributed by atoms with Crippen LogP contribution in [0.1, 0.15) is 41.8 Å². The molecule has 0 heterocycles. The Morgan fingerprint density at radius 2 is 1.71 bits per heavy atom. The highest BCUT2D eigenvalue weighted by atomic mass is 16.3. The van der Waals surface area contributed by atoms with E-state index in [1.165, 1.54) is 0 Å². The Labute approximate surface area is 141 Å². The van der Waals surface area contributed by atoms with Gasteiger partial charge in [0.2, 0.25) is 0 Å². The van der Waals surface area contributed by atoms with Crippen molar-refractivity contribution in [3.8, 4) is 17.2 Å². The number of aryl methyl sites for hydroxylation is 1. The Morgan fingerprint density at radius 3 is 2.33 bits per heavy atom. The van der Waals surface area contributed by atoms with Crippen molar-refractivity contribution >= 4 is 5.78 Å². The van der Waals surface area contributed by atoms with E-state index in [2.05, 4.69) is 0 Å². The lowest BCUT2D eigenvalue weighted by molar-refractivity contribution is 0.0977. The topological polar surface area (TPSA) is 77.8 Å². The van der Waals surface area contributed by atoms with Crippen molar-refractivity contribution in [3.05, 3.63) is 64.7 Å². The molecule has 0 atom stereocenters. The molecular formula is C20H22O4. The van der Waals surface area contributed by atoms with E-state index in [0.29, 0.717) is 12.8 Å². The van der Waals surface area contributed by atoms with E-state index in [9.17, 15) is 20.1 Å². The number of Topliss-reactive ketones (excluding diaryl/α,β-unsaturated/α-hetero) is 1. The first-order valence-corrected chi connectivity index (χ1v) is 7.87. The number of benzene rings is 2. The monoisotopic (exact) mass is 326 g/mol. The zero-order valence-corrected chi connectivity index (χ0v) is 13.9. The van der Waals surface area contributed by atoms with Crippen molar-refractivity contribution < 1.29 is 20.1 Å². The van der Waals surface area contributed by atoms with E-state index in [-0.39, 0.29) is 34.8 Å². The van der Waals surface area contributed by atoms with Gasteiger partial charge in [-0.3, -0.25) is 4.79 Å². The Hall–Kier alpha value is -2.75. The van der Waals surface area contributed by atoms with Crippen LogP contribution in [0.25, 0.3) is 0 Å². The SMILES string of the molecule is CC(C)=CCc1c(O)cc(O)c(C(=O)CCc2ccccc2)c1O. The molecule has 0 amide bonds. The van der Waals surface area contributed by atoms with Crippen LogP contribution in [-0.2, 0) is 12.8 Å². The number of allylic oxidation sites excluding steroid dienone is 2. The summed E-state index contributed by atoms with van der Waals surface area (Å²) in [5.41, 5.74) is 2.16. The number of phenols is 3. The molecule has 0 radical (unpaired) electrons. The van der Waals surface area contributed by atoms with E-state index < -0.39 is 5.75 Å². The molecule has 0 fully saturated rings. The third-order valence-electron chi connectivity index (χ3n) is 3.84. The number of aromatic hydroxyl groups is 3. The van der Waals surface area contributed by atoms with Gasteiger partial charge in [0.05, 0.1) is 0 Å². The van der Waals surface area contributed by atoms with Crippen molar-refractivity contribution in [1.29, 1.82) is 0 Å². The van der Waals surface area contributed by atoms with E-state index in [1.54, 1.807) is 0 Å². The van der Waals surface area contributed by atoms with Crippen LogP contribution >= 0.6 is 0 Å². The maximum Gasteiger partial charge on any atom is 0.170 e. The van der Waals surface area contributed by atoms with Gasteiger partial charge in [-0.1, -0.05) is 42.0 Å². The van der Waals surface area contributed by atoms with Gasteiger partial charge >= 0.3 is 0 Å². The van der Waals surface area contributed by atoms with E-state index >= 15 is 0 Å². The Morgan fingerprint density at radius 1 is 1.04 bits per heavy atom. The largest absolute Gasteiger partial charge is 0.507 e. The molecule has 2 aromatic carbocycles. The highest BCUT2D eigenvalue weighted by Crippen LogP contribution is 2.38. The molecular weight excluding hydrogens is 304 g/mol. The van der Waals surface area contributed by atoms with Crippen molar-refractivity contribution in [3.63, 3.8) is 0 Å². The lowest BCUT2D eigenvalue weighted by Crippen LogP contribution is -2.04. The molecule has 126 valence electrons. The van der Waals surface area contributed by atoms with Gasteiger partial charge < -0.3 is 15.3 Å². The predicted molar refractivity (Wildman–Crippen MR) is 93.7 cm³/mol. The van der Waals surface area contributed by atoms with E-state index in [0.717, 1.165) is 17.2 Å². The summed E-state index contributed by atoms with van der Waals surface area (Å²) in [6.07, 6.45) is 2.81. The summed E-state index contributed by atoms with van der Waals surface area (Å²) < 4.78 is 0. The molecule has 0 unspecified atom stereocenters. The zero-order chi connectivity index (χ0) is 17.7. The van der Waals surface area contributed by atoms with Crippen LogP contribution in [0.3, 0.4) is 0 Å². The molecule has 0 aliphatic carbocycles. The zero-order valence-electron chi connectivity index (χ0n) is 13.9. The average Bonchev–Trinajstić information content (AvgIpc) is 2.53. The lowest BCUT2D eigenvalue weighted by Gasteiger charge is -2.12. The molecule has 3 N–H and O–H groups in total. The van der Waals surface area contributed by atoms with Crippen LogP contribution in [0.15, 0.2) is 48.0 Å². The number of carbonyl (C=O) groups excluding carboxylic acids is 1. The molecule has 0 saturated heterocycles. The standard InChI is InChI=1S/C20H22O4/c1-13(2)8-10-15-17(22)12-18(23)19(20(15)24)16(21)11-9-14-6-4-3-5-7-14/h3-8,12,22-24H,9-11H2,1-2H3. The molecule has 24 heavy (non-hydrogen) atoms. The van der Waals surface area contributed by atoms with Crippen LogP contribution in [0.2, 0.25) is 0 Å². The quantitative estimate of drug-likeness (QED) is 0.551. The van der Waals surface area contributed by atoms with Crippen LogP contribution in [0.5, 0.6) is 17.2 Å². The third-order valence-corrected chi connectivity index (χ3v) is 3.84. The fourth-order valence-electron chi connectivity index (χ4n) is 2.49. The second-order valence-electron chi connectivity index (χ2n) is 6.01. The fourth-order valence-corrected chi connectivity index (χ4v) is 2.49. The first-order valence-electron chi connectivity index (χ1n) is 7.87. The Bertz CT molecular complexity index is 757. The first-order chi connectivity index (χ1) is 11.4. The van der Waals surface area contributed by atoms with E-state index in [1.807, 2.05) is 50.3 Å². The van der Waals surface area contributed by atoms with Crippen molar-refractivity contribution in [2.75, 3.05) is 0 Å². The number of ketones is 1. The second-order valence-corrected chi connectivity index (χ2v) is 6.01. The fraction of sp³-hybridized carbons (Fsp3) is 0.250. The van der Waals surface area contributed by atoms with Crippen LogP contribution in [-0.4, -0.2) is 21.1 Å². The number of phenolic OH excluding ortho intramolecular Hbond substituents is 3. The average molecular weight is 326 g/mol. The number of hydrogen-bond donors (Lipinski definition) is 3. The number of hydrogen-bond acceptors (Lipinski definition) is 4.